The number of aliphatic hydroxyl groups is 1. The average Bonchev–Trinajstić information content (AvgIpc) is 2.70. The van der Waals surface area contributed by atoms with E-state index in [2.05, 4.69) is 11.9 Å². The Morgan fingerprint density at radius 1 is 1.27 bits per heavy atom. The predicted octanol–water partition coefficient (Wildman–Crippen LogP) is 0.853. The summed E-state index contributed by atoms with van der Waals surface area (Å²) in [4.78, 5) is 2.35. The van der Waals surface area contributed by atoms with Crippen molar-refractivity contribution in [2.24, 2.45) is 5.92 Å². The van der Waals surface area contributed by atoms with Crippen LogP contribution in [0.1, 0.15) is 25.7 Å². The second-order valence-electron chi connectivity index (χ2n) is 4.18. The molecule has 0 unspecified atom stereocenters. The number of likely N-dealkylation sites (tertiary alicyclic amines) is 1. The van der Waals surface area contributed by atoms with Crippen molar-refractivity contribution in [3.8, 4) is 0 Å². The van der Waals surface area contributed by atoms with Crippen LogP contribution in [-0.2, 0) is 0 Å². The smallest absolute Gasteiger partial charge is 0.0678 e. The van der Waals surface area contributed by atoms with Gasteiger partial charge < -0.3 is 10.0 Å². The number of rotatable bonds is 1. The van der Waals surface area contributed by atoms with Crippen LogP contribution in [0.5, 0.6) is 0 Å². The Morgan fingerprint density at radius 3 is 2.27 bits per heavy atom. The van der Waals surface area contributed by atoms with Crippen LogP contribution in [0.25, 0.3) is 0 Å². The van der Waals surface area contributed by atoms with E-state index in [1.807, 2.05) is 0 Å². The van der Waals surface area contributed by atoms with E-state index in [1.54, 1.807) is 0 Å². The maximum atomic E-state index is 9.82. The minimum absolute atomic E-state index is 0.221. The Hall–Kier alpha value is -0.0800. The molecule has 2 rings (SSSR count). The van der Waals surface area contributed by atoms with Gasteiger partial charge in [-0.3, -0.25) is 0 Å². The van der Waals surface area contributed by atoms with Crippen LogP contribution in [-0.4, -0.2) is 35.7 Å². The highest BCUT2D eigenvalue weighted by Crippen LogP contribution is 2.46. The van der Waals surface area contributed by atoms with Crippen LogP contribution in [0.2, 0.25) is 0 Å². The highest BCUT2D eigenvalue weighted by Gasteiger charge is 2.47. The molecular weight excluding hydrogens is 138 g/mol. The molecule has 0 radical (unpaired) electrons. The number of hydrogen-bond acceptors (Lipinski definition) is 2. The number of nitrogens with zero attached hydrogens (tertiary/aromatic N) is 1. The molecule has 1 saturated carbocycles. The van der Waals surface area contributed by atoms with E-state index >= 15 is 0 Å². The molecule has 11 heavy (non-hydrogen) atoms. The first-order valence-electron chi connectivity index (χ1n) is 4.62. The van der Waals surface area contributed by atoms with Gasteiger partial charge in [0, 0.05) is 0 Å². The maximum Gasteiger partial charge on any atom is 0.0678 e. The second-order valence-corrected chi connectivity index (χ2v) is 4.18. The standard InChI is InChI=1S/C9H17NO/c1-10-6-2-8(3-7-10)9(11)4-5-9/h8,11H,2-7H2,1H3. The summed E-state index contributed by atoms with van der Waals surface area (Å²) >= 11 is 0. The van der Waals surface area contributed by atoms with Crippen molar-refractivity contribution >= 4 is 0 Å². The zero-order chi connectivity index (χ0) is 7.90. The summed E-state index contributed by atoms with van der Waals surface area (Å²) in [7, 11) is 2.16. The van der Waals surface area contributed by atoms with Gasteiger partial charge in [0.25, 0.3) is 0 Å². The molecule has 0 aromatic rings. The molecule has 2 nitrogen and oxygen atoms in total. The maximum absolute atomic E-state index is 9.82. The van der Waals surface area contributed by atoms with E-state index in [0.717, 1.165) is 12.8 Å². The molecular formula is C9H17NO. The SMILES string of the molecule is CN1CCC(C2(O)CC2)CC1. The van der Waals surface area contributed by atoms with E-state index in [-0.39, 0.29) is 5.60 Å². The summed E-state index contributed by atoms with van der Waals surface area (Å²) in [5, 5.41) is 9.82. The lowest BCUT2D eigenvalue weighted by molar-refractivity contribution is 0.0448. The van der Waals surface area contributed by atoms with Crippen molar-refractivity contribution in [3.63, 3.8) is 0 Å². The van der Waals surface area contributed by atoms with Gasteiger partial charge in [0.05, 0.1) is 5.60 Å². The van der Waals surface area contributed by atoms with Crippen molar-refractivity contribution in [3.05, 3.63) is 0 Å². The van der Waals surface area contributed by atoms with Crippen molar-refractivity contribution < 1.29 is 5.11 Å². The molecule has 0 atom stereocenters. The first-order valence-corrected chi connectivity index (χ1v) is 4.62. The summed E-state index contributed by atoms with van der Waals surface area (Å²) < 4.78 is 0. The third-order valence-electron chi connectivity index (χ3n) is 3.24. The van der Waals surface area contributed by atoms with E-state index in [1.165, 1.54) is 25.9 Å². The number of hydrogen-bond donors (Lipinski definition) is 1. The normalized spacial score (nSPS) is 32.2. The van der Waals surface area contributed by atoms with Gasteiger partial charge in [0.1, 0.15) is 0 Å². The number of piperidine rings is 1. The molecule has 1 N–H and O–H groups in total. The fourth-order valence-corrected chi connectivity index (χ4v) is 2.08. The Labute approximate surface area is 68.2 Å². The Balaban J connectivity index is 1.87. The second kappa shape index (κ2) is 2.46. The summed E-state index contributed by atoms with van der Waals surface area (Å²) in [6.07, 6.45) is 4.52. The summed E-state index contributed by atoms with van der Waals surface area (Å²) in [5.41, 5.74) is -0.221. The van der Waals surface area contributed by atoms with Gasteiger partial charge in [-0.1, -0.05) is 0 Å². The monoisotopic (exact) mass is 155 g/mol. The minimum Gasteiger partial charge on any atom is -0.390 e. The van der Waals surface area contributed by atoms with Gasteiger partial charge in [0.2, 0.25) is 0 Å². The molecule has 0 aromatic heterocycles. The van der Waals surface area contributed by atoms with Crippen LogP contribution < -0.4 is 0 Å². The molecule has 0 bridgehead atoms. The van der Waals surface area contributed by atoms with Gasteiger partial charge in [-0.05, 0) is 51.7 Å². The van der Waals surface area contributed by atoms with Crippen LogP contribution >= 0.6 is 0 Å². The van der Waals surface area contributed by atoms with Gasteiger partial charge in [-0.2, -0.15) is 0 Å². The lowest BCUT2D eigenvalue weighted by atomic mass is 9.90. The molecule has 0 spiro atoms. The third-order valence-corrected chi connectivity index (χ3v) is 3.24. The third kappa shape index (κ3) is 1.42. The molecule has 1 aliphatic carbocycles. The molecule has 0 amide bonds. The van der Waals surface area contributed by atoms with Crippen LogP contribution in [0.4, 0.5) is 0 Å². The van der Waals surface area contributed by atoms with E-state index in [9.17, 15) is 5.11 Å². The summed E-state index contributed by atoms with van der Waals surface area (Å²) in [6, 6.07) is 0. The van der Waals surface area contributed by atoms with E-state index in [0.29, 0.717) is 5.92 Å². The molecule has 1 heterocycles. The largest absolute Gasteiger partial charge is 0.390 e. The topological polar surface area (TPSA) is 23.5 Å². The van der Waals surface area contributed by atoms with E-state index < -0.39 is 0 Å². The minimum atomic E-state index is -0.221. The van der Waals surface area contributed by atoms with Crippen LogP contribution in [0, 0.1) is 5.92 Å². The quantitative estimate of drug-likeness (QED) is 0.607. The summed E-state index contributed by atoms with van der Waals surface area (Å²) in [5.74, 6) is 0.610. The average molecular weight is 155 g/mol. The molecule has 2 aliphatic rings. The van der Waals surface area contributed by atoms with Gasteiger partial charge in [0.15, 0.2) is 0 Å². The molecule has 0 aromatic carbocycles. The van der Waals surface area contributed by atoms with Crippen LogP contribution in [0.3, 0.4) is 0 Å². The highest BCUT2D eigenvalue weighted by atomic mass is 16.3. The first-order chi connectivity index (χ1) is 5.21. The van der Waals surface area contributed by atoms with Crippen molar-refractivity contribution in [2.45, 2.75) is 31.3 Å². The first kappa shape index (κ1) is 7.56. The fourth-order valence-electron chi connectivity index (χ4n) is 2.08. The lowest BCUT2D eigenvalue weighted by Gasteiger charge is -2.31. The Kier molecular flexibility index (Phi) is 1.69. The Morgan fingerprint density at radius 2 is 1.82 bits per heavy atom. The molecule has 2 heteroatoms. The highest BCUT2D eigenvalue weighted by molar-refractivity contribution is 5.00. The van der Waals surface area contributed by atoms with Gasteiger partial charge in [-0.25, -0.2) is 0 Å². The lowest BCUT2D eigenvalue weighted by Crippen LogP contribution is -2.36. The molecule has 1 aliphatic heterocycles. The zero-order valence-electron chi connectivity index (χ0n) is 7.21. The molecule has 1 saturated heterocycles. The summed E-state index contributed by atoms with van der Waals surface area (Å²) in [6.45, 7) is 2.35. The molecule has 2 fully saturated rings. The predicted molar refractivity (Wildman–Crippen MR) is 44.4 cm³/mol. The van der Waals surface area contributed by atoms with Crippen LogP contribution in [0.15, 0.2) is 0 Å². The van der Waals surface area contributed by atoms with Gasteiger partial charge >= 0.3 is 0 Å². The van der Waals surface area contributed by atoms with Gasteiger partial charge in [-0.15, -0.1) is 0 Å². The zero-order valence-corrected chi connectivity index (χ0v) is 7.21. The molecule has 64 valence electrons. The van der Waals surface area contributed by atoms with E-state index in [4.69, 9.17) is 0 Å². The van der Waals surface area contributed by atoms with Crippen molar-refractivity contribution in [1.29, 1.82) is 0 Å². The fraction of sp³-hybridized carbons (Fsp3) is 1.00. The van der Waals surface area contributed by atoms with Crippen molar-refractivity contribution in [2.75, 3.05) is 20.1 Å². The Bertz CT molecular complexity index is 146. The van der Waals surface area contributed by atoms with Crippen molar-refractivity contribution in [1.82, 2.24) is 4.90 Å².